The number of fused-ring (bicyclic) bond motifs is 10. The minimum Gasteiger partial charge on any atom is -0.277 e. The van der Waals surface area contributed by atoms with Gasteiger partial charge in [-0.3, -0.25) is 8.80 Å². The van der Waals surface area contributed by atoms with Crippen LogP contribution in [0.1, 0.15) is 22.3 Å². The van der Waals surface area contributed by atoms with Crippen LogP contribution in [0.5, 0.6) is 0 Å². The van der Waals surface area contributed by atoms with Gasteiger partial charge in [0.15, 0.2) is 0 Å². The van der Waals surface area contributed by atoms with Gasteiger partial charge in [0.1, 0.15) is 5.65 Å². The summed E-state index contributed by atoms with van der Waals surface area (Å²) in [5, 5.41) is 1.14. The van der Waals surface area contributed by atoms with Crippen LogP contribution < -0.4 is 0 Å². The first-order valence-electron chi connectivity index (χ1n) is 9.64. The summed E-state index contributed by atoms with van der Waals surface area (Å²) in [5.41, 5.74) is 11.7. The van der Waals surface area contributed by atoms with Crippen molar-refractivity contribution in [3.8, 4) is 0 Å². The number of imidazole rings is 2. The number of para-hydroxylation sites is 3. The molecule has 0 unspecified atom stereocenters. The van der Waals surface area contributed by atoms with Gasteiger partial charge in [-0.05, 0) is 74.2 Å². The van der Waals surface area contributed by atoms with Crippen molar-refractivity contribution in [3.63, 3.8) is 0 Å². The molecule has 0 amide bonds. The second-order valence-corrected chi connectivity index (χ2v) is 7.72. The van der Waals surface area contributed by atoms with Crippen LogP contribution in [0.15, 0.2) is 48.5 Å². The van der Waals surface area contributed by atoms with Crippen molar-refractivity contribution in [1.82, 2.24) is 18.8 Å². The summed E-state index contributed by atoms with van der Waals surface area (Å²) in [4.78, 5) is 10.1. The Morgan fingerprint density at radius 3 is 2.14 bits per heavy atom. The number of benzene rings is 3. The first kappa shape index (κ1) is 15.6. The predicted molar refractivity (Wildman–Crippen MR) is 115 cm³/mol. The molecule has 0 aliphatic rings. The molecule has 0 saturated carbocycles. The molecular formula is C24H20N4. The molecule has 0 spiro atoms. The van der Waals surface area contributed by atoms with E-state index >= 15 is 0 Å². The smallest absolute Gasteiger partial charge is 0.221 e. The standard InChI is InChI=1S/C24H20N4/c1-13-14(2)16(4)22-21(15(13)3)26-24-27(22)19-11-7-5-9-17(19)23-25-18-10-6-8-12-20(18)28(23)24/h5-12H,1-4H3. The fourth-order valence-corrected chi connectivity index (χ4v) is 4.58. The molecule has 6 rings (SSSR count). The zero-order valence-corrected chi connectivity index (χ0v) is 16.4. The SMILES string of the molecule is Cc1c(C)c(C)c2c(nc3n4c5ccccc5nc4c4ccccc4n23)c1C. The molecule has 4 nitrogen and oxygen atoms in total. The fourth-order valence-electron chi connectivity index (χ4n) is 4.58. The quantitative estimate of drug-likeness (QED) is 0.348. The topological polar surface area (TPSA) is 34.6 Å². The van der Waals surface area contributed by atoms with Crippen molar-refractivity contribution in [3.05, 3.63) is 70.8 Å². The van der Waals surface area contributed by atoms with E-state index in [1.165, 1.54) is 27.8 Å². The van der Waals surface area contributed by atoms with Crippen LogP contribution in [0.3, 0.4) is 0 Å². The Balaban J connectivity index is 2.06. The monoisotopic (exact) mass is 364 g/mol. The maximum Gasteiger partial charge on any atom is 0.221 e. The van der Waals surface area contributed by atoms with Crippen LogP contribution in [0.25, 0.3) is 44.4 Å². The summed E-state index contributed by atoms with van der Waals surface area (Å²) in [5.74, 6) is 0.925. The summed E-state index contributed by atoms with van der Waals surface area (Å²) >= 11 is 0. The Labute approximate surface area is 162 Å². The molecule has 3 aromatic heterocycles. The number of aryl methyl sites for hydroxylation is 2. The van der Waals surface area contributed by atoms with Gasteiger partial charge in [0.2, 0.25) is 5.78 Å². The lowest BCUT2D eigenvalue weighted by Gasteiger charge is -2.12. The number of hydrogen-bond donors (Lipinski definition) is 0. The predicted octanol–water partition coefficient (Wildman–Crippen LogP) is 5.68. The highest BCUT2D eigenvalue weighted by atomic mass is 15.2. The summed E-state index contributed by atoms with van der Waals surface area (Å²) < 4.78 is 4.53. The van der Waals surface area contributed by atoms with Crippen molar-refractivity contribution in [1.29, 1.82) is 0 Å². The minimum absolute atomic E-state index is 0.925. The Hall–Kier alpha value is -3.40. The molecule has 6 aromatic rings. The third-order valence-corrected chi connectivity index (χ3v) is 6.40. The molecule has 3 heterocycles. The van der Waals surface area contributed by atoms with E-state index in [0.717, 1.165) is 38.9 Å². The van der Waals surface area contributed by atoms with Gasteiger partial charge in [0.25, 0.3) is 0 Å². The van der Waals surface area contributed by atoms with Crippen LogP contribution in [0.4, 0.5) is 0 Å². The van der Waals surface area contributed by atoms with E-state index in [4.69, 9.17) is 9.97 Å². The van der Waals surface area contributed by atoms with Crippen molar-refractivity contribution < 1.29 is 0 Å². The molecule has 3 aromatic carbocycles. The normalized spacial score (nSPS) is 12.3. The summed E-state index contributed by atoms with van der Waals surface area (Å²) in [6, 6.07) is 16.8. The van der Waals surface area contributed by atoms with Crippen molar-refractivity contribution >= 4 is 44.4 Å². The van der Waals surface area contributed by atoms with E-state index in [2.05, 4.69) is 79.0 Å². The third kappa shape index (κ3) is 1.71. The minimum atomic E-state index is 0.925. The maximum atomic E-state index is 5.16. The second-order valence-electron chi connectivity index (χ2n) is 7.72. The van der Waals surface area contributed by atoms with Crippen molar-refractivity contribution in [2.45, 2.75) is 27.7 Å². The highest BCUT2D eigenvalue weighted by Crippen LogP contribution is 2.34. The van der Waals surface area contributed by atoms with Crippen molar-refractivity contribution in [2.24, 2.45) is 0 Å². The largest absolute Gasteiger partial charge is 0.277 e. The van der Waals surface area contributed by atoms with Gasteiger partial charge in [0, 0.05) is 5.39 Å². The van der Waals surface area contributed by atoms with Gasteiger partial charge in [0.05, 0.1) is 27.6 Å². The van der Waals surface area contributed by atoms with E-state index in [-0.39, 0.29) is 0 Å². The maximum absolute atomic E-state index is 5.16. The summed E-state index contributed by atoms with van der Waals surface area (Å²) in [6.45, 7) is 8.80. The molecular weight excluding hydrogens is 344 g/mol. The fraction of sp³-hybridized carbons (Fsp3) is 0.167. The van der Waals surface area contributed by atoms with Crippen LogP contribution in [-0.4, -0.2) is 18.8 Å². The molecule has 136 valence electrons. The zero-order chi connectivity index (χ0) is 19.2. The molecule has 0 aliphatic carbocycles. The van der Waals surface area contributed by atoms with Gasteiger partial charge < -0.3 is 0 Å². The molecule has 0 atom stereocenters. The lowest BCUT2D eigenvalue weighted by atomic mass is 9.97. The number of nitrogens with zero attached hydrogens (tertiary/aromatic N) is 4. The molecule has 0 bridgehead atoms. The molecule has 0 saturated heterocycles. The lowest BCUT2D eigenvalue weighted by molar-refractivity contribution is 1.14. The Morgan fingerprint density at radius 1 is 0.643 bits per heavy atom. The van der Waals surface area contributed by atoms with Crippen LogP contribution in [0.2, 0.25) is 0 Å². The first-order valence-corrected chi connectivity index (χ1v) is 9.64. The summed E-state index contributed by atoms with van der Waals surface area (Å²) in [7, 11) is 0. The van der Waals surface area contributed by atoms with E-state index in [0.29, 0.717) is 0 Å². The molecule has 0 radical (unpaired) electrons. The number of rotatable bonds is 0. The molecule has 4 heteroatoms. The zero-order valence-electron chi connectivity index (χ0n) is 16.4. The van der Waals surface area contributed by atoms with Crippen molar-refractivity contribution in [2.75, 3.05) is 0 Å². The summed E-state index contributed by atoms with van der Waals surface area (Å²) in [6.07, 6.45) is 0. The molecule has 28 heavy (non-hydrogen) atoms. The van der Waals surface area contributed by atoms with E-state index in [1.54, 1.807) is 0 Å². The van der Waals surface area contributed by atoms with Crippen LogP contribution in [-0.2, 0) is 0 Å². The van der Waals surface area contributed by atoms with Crippen LogP contribution in [0, 0.1) is 27.7 Å². The number of hydrogen-bond acceptors (Lipinski definition) is 2. The van der Waals surface area contributed by atoms with Gasteiger partial charge in [-0.25, -0.2) is 9.97 Å². The van der Waals surface area contributed by atoms with Crippen LogP contribution >= 0.6 is 0 Å². The second kappa shape index (κ2) is 5.10. The van der Waals surface area contributed by atoms with Gasteiger partial charge in [-0.15, -0.1) is 0 Å². The van der Waals surface area contributed by atoms with Gasteiger partial charge in [-0.2, -0.15) is 0 Å². The van der Waals surface area contributed by atoms with E-state index < -0.39 is 0 Å². The Bertz CT molecular complexity index is 1600. The van der Waals surface area contributed by atoms with E-state index in [1.807, 2.05) is 6.07 Å². The Kier molecular flexibility index (Phi) is 2.85. The highest BCUT2D eigenvalue weighted by Gasteiger charge is 2.20. The highest BCUT2D eigenvalue weighted by molar-refractivity contribution is 6.02. The van der Waals surface area contributed by atoms with E-state index in [9.17, 15) is 0 Å². The molecule has 0 fully saturated rings. The average molecular weight is 364 g/mol. The van der Waals surface area contributed by atoms with Gasteiger partial charge >= 0.3 is 0 Å². The lowest BCUT2D eigenvalue weighted by Crippen LogP contribution is -1.99. The molecule has 0 aliphatic heterocycles. The number of aromatic nitrogens is 4. The average Bonchev–Trinajstić information content (AvgIpc) is 3.30. The van der Waals surface area contributed by atoms with Gasteiger partial charge in [-0.1, -0.05) is 24.3 Å². The molecule has 0 N–H and O–H groups in total. The Morgan fingerprint density at radius 2 is 1.32 bits per heavy atom. The first-order chi connectivity index (χ1) is 13.6. The third-order valence-electron chi connectivity index (χ3n) is 6.40.